The molecule has 3 rings (SSSR count). The summed E-state index contributed by atoms with van der Waals surface area (Å²) in [5.41, 5.74) is 3.96. The number of carbonyl (C=O) groups is 2. The molecule has 0 aliphatic rings. The average molecular weight is 358 g/mol. The Kier molecular flexibility index (Phi) is 5.67. The van der Waals surface area contributed by atoms with E-state index in [1.807, 2.05) is 67.6 Å². The summed E-state index contributed by atoms with van der Waals surface area (Å²) in [6.07, 6.45) is 0. The Morgan fingerprint density at radius 3 is 1.85 bits per heavy atom. The van der Waals surface area contributed by atoms with E-state index in [1.54, 1.807) is 25.2 Å². The molecule has 0 saturated carbocycles. The molecule has 0 unspecified atom stereocenters. The summed E-state index contributed by atoms with van der Waals surface area (Å²) in [4.78, 5) is 24.9. The van der Waals surface area contributed by atoms with Crippen molar-refractivity contribution in [2.45, 2.75) is 12.8 Å². The molecule has 0 bridgehead atoms. The Morgan fingerprint density at radius 2 is 1.37 bits per heavy atom. The maximum Gasteiger partial charge on any atom is 0.251 e. The van der Waals surface area contributed by atoms with Crippen LogP contribution in [0.3, 0.4) is 0 Å². The van der Waals surface area contributed by atoms with Crippen LogP contribution in [0.1, 0.15) is 33.0 Å². The van der Waals surface area contributed by atoms with Crippen molar-refractivity contribution in [3.63, 3.8) is 0 Å². The van der Waals surface area contributed by atoms with Crippen molar-refractivity contribution in [3.05, 3.63) is 101 Å². The second kappa shape index (κ2) is 8.32. The lowest BCUT2D eigenvalue weighted by molar-refractivity contribution is -0.116. The fourth-order valence-electron chi connectivity index (χ4n) is 3.08. The first-order valence-corrected chi connectivity index (χ1v) is 8.83. The molecule has 0 saturated heterocycles. The van der Waals surface area contributed by atoms with E-state index in [2.05, 4.69) is 10.6 Å². The van der Waals surface area contributed by atoms with Crippen molar-refractivity contribution in [2.75, 3.05) is 12.4 Å². The van der Waals surface area contributed by atoms with Gasteiger partial charge in [0.25, 0.3) is 5.91 Å². The van der Waals surface area contributed by atoms with Crippen LogP contribution in [-0.2, 0) is 4.79 Å². The van der Waals surface area contributed by atoms with E-state index >= 15 is 0 Å². The van der Waals surface area contributed by atoms with E-state index in [0.29, 0.717) is 11.3 Å². The minimum Gasteiger partial charge on any atom is -0.355 e. The van der Waals surface area contributed by atoms with Crippen molar-refractivity contribution in [1.82, 2.24) is 5.32 Å². The predicted octanol–water partition coefficient (Wildman–Crippen LogP) is 4.13. The summed E-state index contributed by atoms with van der Waals surface area (Å²) >= 11 is 0. The summed E-state index contributed by atoms with van der Waals surface area (Å²) in [7, 11) is 1.59. The Balaban J connectivity index is 1.91. The molecule has 0 radical (unpaired) electrons. The van der Waals surface area contributed by atoms with Crippen LogP contribution >= 0.6 is 0 Å². The SMILES string of the molecule is CNC(=O)c1ccc(NC(=O)C(c2ccccc2)c2ccccc2)c(C)c1. The third kappa shape index (κ3) is 4.23. The van der Waals surface area contributed by atoms with Gasteiger partial charge in [0.15, 0.2) is 0 Å². The van der Waals surface area contributed by atoms with Gasteiger partial charge in [-0.05, 0) is 41.8 Å². The fraction of sp³-hybridized carbons (Fsp3) is 0.130. The number of hydrogen-bond acceptors (Lipinski definition) is 2. The zero-order valence-corrected chi connectivity index (χ0v) is 15.4. The molecule has 0 aromatic heterocycles. The van der Waals surface area contributed by atoms with Gasteiger partial charge in [-0.25, -0.2) is 0 Å². The lowest BCUT2D eigenvalue weighted by Crippen LogP contribution is -2.23. The van der Waals surface area contributed by atoms with E-state index in [-0.39, 0.29) is 11.8 Å². The smallest absolute Gasteiger partial charge is 0.251 e. The van der Waals surface area contributed by atoms with E-state index in [1.165, 1.54) is 0 Å². The van der Waals surface area contributed by atoms with Gasteiger partial charge in [0.05, 0.1) is 5.92 Å². The monoisotopic (exact) mass is 358 g/mol. The highest BCUT2D eigenvalue weighted by Gasteiger charge is 2.23. The van der Waals surface area contributed by atoms with E-state index in [9.17, 15) is 9.59 Å². The number of carbonyl (C=O) groups excluding carboxylic acids is 2. The van der Waals surface area contributed by atoms with Gasteiger partial charge in [0.1, 0.15) is 0 Å². The van der Waals surface area contributed by atoms with Crippen molar-refractivity contribution >= 4 is 17.5 Å². The molecule has 0 aliphatic carbocycles. The normalized spacial score (nSPS) is 10.5. The number of amides is 2. The quantitative estimate of drug-likeness (QED) is 0.721. The Labute approximate surface area is 159 Å². The van der Waals surface area contributed by atoms with Gasteiger partial charge < -0.3 is 10.6 Å². The fourth-order valence-corrected chi connectivity index (χ4v) is 3.08. The Bertz CT molecular complexity index is 898. The van der Waals surface area contributed by atoms with Gasteiger partial charge in [-0.1, -0.05) is 60.7 Å². The van der Waals surface area contributed by atoms with Crippen molar-refractivity contribution in [2.24, 2.45) is 0 Å². The molecule has 0 spiro atoms. The highest BCUT2D eigenvalue weighted by molar-refractivity contribution is 6.00. The maximum atomic E-state index is 13.2. The molecule has 136 valence electrons. The highest BCUT2D eigenvalue weighted by atomic mass is 16.2. The predicted molar refractivity (Wildman–Crippen MR) is 108 cm³/mol. The lowest BCUT2D eigenvalue weighted by Gasteiger charge is -2.19. The molecular weight excluding hydrogens is 336 g/mol. The third-order valence-electron chi connectivity index (χ3n) is 4.50. The van der Waals surface area contributed by atoms with E-state index in [4.69, 9.17) is 0 Å². The second-order valence-corrected chi connectivity index (χ2v) is 6.35. The van der Waals surface area contributed by atoms with E-state index < -0.39 is 5.92 Å². The van der Waals surface area contributed by atoms with Crippen molar-refractivity contribution < 1.29 is 9.59 Å². The van der Waals surface area contributed by atoms with Gasteiger partial charge in [0.2, 0.25) is 5.91 Å². The standard InChI is InChI=1S/C23H22N2O2/c1-16-15-19(22(26)24-2)13-14-20(16)25-23(27)21(17-9-5-3-6-10-17)18-11-7-4-8-12-18/h3-15,21H,1-2H3,(H,24,26)(H,25,27). The van der Waals surface area contributed by atoms with Crippen LogP contribution < -0.4 is 10.6 Å². The van der Waals surface area contributed by atoms with Gasteiger partial charge in [-0.15, -0.1) is 0 Å². The Morgan fingerprint density at radius 1 is 0.815 bits per heavy atom. The molecule has 2 N–H and O–H groups in total. The van der Waals surface area contributed by atoms with Crippen LogP contribution in [0.4, 0.5) is 5.69 Å². The first kappa shape index (κ1) is 18.4. The van der Waals surface area contributed by atoms with Crippen LogP contribution in [0.25, 0.3) is 0 Å². The molecule has 0 heterocycles. The van der Waals surface area contributed by atoms with Crippen molar-refractivity contribution in [3.8, 4) is 0 Å². The highest BCUT2D eigenvalue weighted by Crippen LogP contribution is 2.27. The van der Waals surface area contributed by atoms with Crippen LogP contribution in [0, 0.1) is 6.92 Å². The summed E-state index contributed by atoms with van der Waals surface area (Å²) in [5, 5.41) is 5.62. The molecule has 3 aromatic rings. The summed E-state index contributed by atoms with van der Waals surface area (Å²) < 4.78 is 0. The topological polar surface area (TPSA) is 58.2 Å². The van der Waals surface area contributed by atoms with Gasteiger partial charge in [0, 0.05) is 18.3 Å². The van der Waals surface area contributed by atoms with Crippen LogP contribution in [-0.4, -0.2) is 18.9 Å². The summed E-state index contributed by atoms with van der Waals surface area (Å²) in [6, 6.07) is 24.7. The van der Waals surface area contributed by atoms with Gasteiger partial charge in [-0.2, -0.15) is 0 Å². The number of hydrogen-bond donors (Lipinski definition) is 2. The average Bonchev–Trinajstić information content (AvgIpc) is 2.70. The van der Waals surface area contributed by atoms with Crippen molar-refractivity contribution in [1.29, 1.82) is 0 Å². The van der Waals surface area contributed by atoms with Crippen LogP contribution in [0.5, 0.6) is 0 Å². The molecule has 4 nitrogen and oxygen atoms in total. The largest absolute Gasteiger partial charge is 0.355 e. The number of nitrogens with one attached hydrogen (secondary N) is 2. The molecule has 2 amide bonds. The first-order chi connectivity index (χ1) is 13.1. The molecule has 0 atom stereocenters. The summed E-state index contributed by atoms with van der Waals surface area (Å²) in [5.74, 6) is -0.670. The summed E-state index contributed by atoms with van der Waals surface area (Å²) in [6.45, 7) is 1.88. The zero-order chi connectivity index (χ0) is 19.2. The number of rotatable bonds is 5. The van der Waals surface area contributed by atoms with Crippen LogP contribution in [0.15, 0.2) is 78.9 Å². The van der Waals surface area contributed by atoms with E-state index in [0.717, 1.165) is 16.7 Å². The molecule has 4 heteroatoms. The first-order valence-electron chi connectivity index (χ1n) is 8.83. The minimum absolute atomic E-state index is 0.108. The van der Waals surface area contributed by atoms with Crippen LogP contribution in [0.2, 0.25) is 0 Å². The molecule has 0 aliphatic heterocycles. The number of benzene rings is 3. The Hall–Kier alpha value is -3.40. The molecule has 27 heavy (non-hydrogen) atoms. The zero-order valence-electron chi connectivity index (χ0n) is 15.4. The number of aryl methyl sites for hydroxylation is 1. The molecule has 0 fully saturated rings. The number of anilines is 1. The van der Waals surface area contributed by atoms with Gasteiger partial charge in [-0.3, -0.25) is 9.59 Å². The minimum atomic E-state index is -0.412. The van der Waals surface area contributed by atoms with Gasteiger partial charge >= 0.3 is 0 Å². The lowest BCUT2D eigenvalue weighted by atomic mass is 9.90. The maximum absolute atomic E-state index is 13.2. The molecule has 3 aromatic carbocycles. The third-order valence-corrected chi connectivity index (χ3v) is 4.50. The molecular formula is C23H22N2O2. The second-order valence-electron chi connectivity index (χ2n) is 6.35.